The van der Waals surface area contributed by atoms with Crippen molar-refractivity contribution < 1.29 is 22.4 Å². The zero-order valence-corrected chi connectivity index (χ0v) is 20.7. The summed E-state index contributed by atoms with van der Waals surface area (Å²) in [7, 11) is -4.00. The van der Waals surface area contributed by atoms with E-state index in [1.807, 2.05) is 13.8 Å². The van der Waals surface area contributed by atoms with Crippen molar-refractivity contribution in [1.29, 1.82) is 0 Å². The minimum Gasteiger partial charge on any atom is -0.352 e. The van der Waals surface area contributed by atoms with E-state index in [0.717, 1.165) is 12.3 Å². The van der Waals surface area contributed by atoms with E-state index in [1.54, 1.807) is 31.2 Å². The molecule has 2 atom stereocenters. The number of hydrogen-bond acceptors (Lipinski definition) is 4. The predicted molar refractivity (Wildman–Crippen MR) is 128 cm³/mol. The van der Waals surface area contributed by atoms with Crippen LogP contribution in [-0.4, -0.2) is 50.0 Å². The number of hydrogen-bond donors (Lipinski definition) is 1. The van der Waals surface area contributed by atoms with Gasteiger partial charge in [-0.1, -0.05) is 48.9 Å². The van der Waals surface area contributed by atoms with Crippen molar-refractivity contribution in [2.24, 2.45) is 0 Å². The van der Waals surface area contributed by atoms with E-state index in [2.05, 4.69) is 5.32 Å². The van der Waals surface area contributed by atoms with Crippen LogP contribution in [0.1, 0.15) is 32.8 Å². The van der Waals surface area contributed by atoms with E-state index in [9.17, 15) is 22.4 Å². The molecular weight excluding hydrogens is 469 g/mol. The van der Waals surface area contributed by atoms with Gasteiger partial charge in [-0.15, -0.1) is 0 Å². The van der Waals surface area contributed by atoms with Crippen molar-refractivity contribution >= 4 is 39.1 Å². The predicted octanol–water partition coefficient (Wildman–Crippen LogP) is 3.58. The summed E-state index contributed by atoms with van der Waals surface area (Å²) < 4.78 is 39.9. The molecule has 0 heterocycles. The number of amides is 2. The molecule has 180 valence electrons. The average molecular weight is 498 g/mol. The Bertz CT molecular complexity index is 1100. The topological polar surface area (TPSA) is 86.8 Å². The Balaban J connectivity index is 2.41. The van der Waals surface area contributed by atoms with Gasteiger partial charge >= 0.3 is 0 Å². The smallest absolute Gasteiger partial charge is 0.244 e. The Labute approximate surface area is 199 Å². The lowest BCUT2D eigenvalue weighted by molar-refractivity contribution is -0.139. The van der Waals surface area contributed by atoms with Crippen molar-refractivity contribution in [3.8, 4) is 0 Å². The molecule has 0 aliphatic carbocycles. The van der Waals surface area contributed by atoms with Gasteiger partial charge in [-0.05, 0) is 44.0 Å². The number of para-hydroxylation sites is 1. The second-order valence-electron chi connectivity index (χ2n) is 7.83. The van der Waals surface area contributed by atoms with Gasteiger partial charge in [0, 0.05) is 17.6 Å². The fraction of sp³-hybridized carbons (Fsp3) is 0.391. The molecule has 0 aromatic heterocycles. The van der Waals surface area contributed by atoms with Gasteiger partial charge in [0.2, 0.25) is 21.8 Å². The molecule has 0 spiro atoms. The minimum absolute atomic E-state index is 0.0253. The van der Waals surface area contributed by atoms with Gasteiger partial charge in [-0.3, -0.25) is 13.9 Å². The number of benzene rings is 2. The summed E-state index contributed by atoms with van der Waals surface area (Å²) in [5.74, 6) is -1.84. The van der Waals surface area contributed by atoms with Crippen LogP contribution < -0.4 is 9.62 Å². The molecule has 2 rings (SSSR count). The summed E-state index contributed by atoms with van der Waals surface area (Å²) in [4.78, 5) is 27.4. The monoisotopic (exact) mass is 497 g/mol. The van der Waals surface area contributed by atoms with Crippen molar-refractivity contribution in [2.45, 2.75) is 45.8 Å². The lowest BCUT2D eigenvalue weighted by atomic mass is 10.1. The van der Waals surface area contributed by atoms with E-state index in [4.69, 9.17) is 11.6 Å². The summed E-state index contributed by atoms with van der Waals surface area (Å²) in [5.41, 5.74) is 0.343. The van der Waals surface area contributed by atoms with Crippen molar-refractivity contribution in [3.05, 3.63) is 64.9 Å². The Morgan fingerprint density at radius 3 is 2.27 bits per heavy atom. The molecule has 2 aromatic rings. The third-order valence-corrected chi connectivity index (χ3v) is 6.76. The molecule has 2 aromatic carbocycles. The lowest BCUT2D eigenvalue weighted by Gasteiger charge is -2.32. The normalized spacial score (nSPS) is 13.2. The molecule has 2 amide bonds. The van der Waals surface area contributed by atoms with Crippen LogP contribution in [0.4, 0.5) is 10.1 Å². The molecule has 1 N–H and O–H groups in total. The maximum Gasteiger partial charge on any atom is 0.244 e. The molecule has 0 aliphatic heterocycles. The SMILES string of the molecule is CC[C@H](C)NC(=O)[C@H](C)N(Cc1ccccc1Cl)C(=O)CN(c1ccccc1F)S(C)(=O)=O. The largest absolute Gasteiger partial charge is 0.352 e. The molecule has 10 heteroatoms. The van der Waals surface area contributed by atoms with E-state index in [-0.39, 0.29) is 24.2 Å². The Morgan fingerprint density at radius 2 is 1.70 bits per heavy atom. The summed E-state index contributed by atoms with van der Waals surface area (Å²) >= 11 is 6.26. The summed E-state index contributed by atoms with van der Waals surface area (Å²) in [6.07, 6.45) is 1.59. The van der Waals surface area contributed by atoms with Crippen molar-refractivity contribution in [2.75, 3.05) is 17.1 Å². The number of anilines is 1. The molecule has 33 heavy (non-hydrogen) atoms. The van der Waals surface area contributed by atoms with Crippen LogP contribution in [0.5, 0.6) is 0 Å². The van der Waals surface area contributed by atoms with Crippen LogP contribution in [0.2, 0.25) is 5.02 Å². The van der Waals surface area contributed by atoms with E-state index < -0.39 is 34.3 Å². The maximum atomic E-state index is 14.4. The number of nitrogens with one attached hydrogen (secondary N) is 1. The quantitative estimate of drug-likeness (QED) is 0.543. The fourth-order valence-electron chi connectivity index (χ4n) is 3.11. The standard InChI is InChI=1S/C23H29ClFN3O4S/c1-5-16(2)26-23(30)17(3)27(14-18-10-6-7-11-19(18)24)22(29)15-28(33(4,31)32)21-13-9-8-12-20(21)25/h6-13,16-17H,5,14-15H2,1-4H3,(H,26,30)/t16-,17-/m0/s1. The van der Waals surface area contributed by atoms with Gasteiger partial charge < -0.3 is 10.2 Å². The molecule has 0 bridgehead atoms. The van der Waals surface area contributed by atoms with Gasteiger partial charge in [0.1, 0.15) is 18.4 Å². The highest BCUT2D eigenvalue weighted by Crippen LogP contribution is 2.23. The maximum absolute atomic E-state index is 14.4. The van der Waals surface area contributed by atoms with Gasteiger partial charge in [0.25, 0.3) is 0 Å². The van der Waals surface area contributed by atoms with Crippen molar-refractivity contribution in [3.63, 3.8) is 0 Å². The van der Waals surface area contributed by atoms with E-state index in [1.165, 1.54) is 23.1 Å². The highest BCUT2D eigenvalue weighted by atomic mass is 35.5. The van der Waals surface area contributed by atoms with E-state index in [0.29, 0.717) is 21.3 Å². The van der Waals surface area contributed by atoms with Gasteiger partial charge in [0.15, 0.2) is 0 Å². The summed E-state index contributed by atoms with van der Waals surface area (Å²) in [6.45, 7) is 4.61. The van der Waals surface area contributed by atoms with Crippen LogP contribution in [0.25, 0.3) is 0 Å². The first-order valence-corrected chi connectivity index (χ1v) is 12.7. The van der Waals surface area contributed by atoms with Crippen LogP contribution in [-0.2, 0) is 26.2 Å². The number of sulfonamides is 1. The first-order chi connectivity index (χ1) is 15.5. The molecule has 0 radical (unpaired) electrons. The van der Waals surface area contributed by atoms with Crippen molar-refractivity contribution in [1.82, 2.24) is 10.2 Å². The minimum atomic E-state index is -4.00. The second kappa shape index (κ2) is 11.5. The number of carbonyl (C=O) groups is 2. The van der Waals surface area contributed by atoms with Crippen LogP contribution in [0.3, 0.4) is 0 Å². The second-order valence-corrected chi connectivity index (χ2v) is 10.1. The third kappa shape index (κ3) is 7.17. The Morgan fingerprint density at radius 1 is 1.09 bits per heavy atom. The fourth-order valence-corrected chi connectivity index (χ4v) is 4.15. The van der Waals surface area contributed by atoms with E-state index >= 15 is 0 Å². The van der Waals surface area contributed by atoms with Crippen LogP contribution in [0.15, 0.2) is 48.5 Å². The third-order valence-electron chi connectivity index (χ3n) is 5.27. The zero-order chi connectivity index (χ0) is 24.8. The lowest BCUT2D eigenvalue weighted by Crippen LogP contribution is -2.52. The van der Waals surface area contributed by atoms with Gasteiger partial charge in [-0.2, -0.15) is 0 Å². The first kappa shape index (κ1) is 26.6. The molecule has 0 saturated heterocycles. The van der Waals surface area contributed by atoms with Gasteiger partial charge in [0.05, 0.1) is 11.9 Å². The highest BCUT2D eigenvalue weighted by molar-refractivity contribution is 7.92. The molecular formula is C23H29ClFN3O4S. The molecule has 0 fully saturated rings. The van der Waals surface area contributed by atoms with Gasteiger partial charge in [-0.25, -0.2) is 12.8 Å². The number of halogens is 2. The average Bonchev–Trinajstić information content (AvgIpc) is 2.76. The van der Waals surface area contributed by atoms with Crippen LogP contribution in [0, 0.1) is 5.82 Å². The molecule has 0 aliphatic rings. The Hall–Kier alpha value is -2.65. The number of nitrogens with zero attached hydrogens (tertiary/aromatic N) is 2. The summed E-state index contributed by atoms with van der Waals surface area (Å²) in [5, 5.41) is 3.23. The molecule has 7 nitrogen and oxygen atoms in total. The molecule has 0 unspecified atom stereocenters. The highest BCUT2D eigenvalue weighted by Gasteiger charge is 2.31. The van der Waals surface area contributed by atoms with Crippen LogP contribution >= 0.6 is 11.6 Å². The number of rotatable bonds is 10. The molecule has 0 saturated carbocycles. The first-order valence-electron chi connectivity index (χ1n) is 10.5. The number of carbonyl (C=O) groups excluding carboxylic acids is 2. The Kier molecular flexibility index (Phi) is 9.25. The zero-order valence-electron chi connectivity index (χ0n) is 19.1. The summed E-state index contributed by atoms with van der Waals surface area (Å²) in [6, 6.07) is 11.1.